The molecule has 0 atom stereocenters. The molecule has 1 heterocycles. The number of hydrogen-bond donors (Lipinski definition) is 1. The van der Waals surface area contributed by atoms with E-state index >= 15 is 0 Å². The molecule has 0 saturated heterocycles. The second-order valence-corrected chi connectivity index (χ2v) is 2.79. The Labute approximate surface area is 67.9 Å². The summed E-state index contributed by atoms with van der Waals surface area (Å²) >= 11 is 0. The lowest BCUT2D eigenvalue weighted by Crippen LogP contribution is -2.27. The largest absolute Gasteiger partial charge is 0.395 e. The maximum Gasteiger partial charge on any atom is 0.0894 e. The van der Waals surface area contributed by atoms with Gasteiger partial charge in [-0.25, -0.2) is 0 Å². The third-order valence-electron chi connectivity index (χ3n) is 1.75. The molecule has 64 valence electrons. The zero-order valence-electron chi connectivity index (χ0n) is 7.03. The SMILES string of the molecule is CCCN1C=CN(CCO)C1. The highest BCUT2D eigenvalue weighted by atomic mass is 16.3. The third kappa shape index (κ3) is 2.42. The Morgan fingerprint density at radius 3 is 2.45 bits per heavy atom. The van der Waals surface area contributed by atoms with Gasteiger partial charge in [-0.05, 0) is 6.42 Å². The summed E-state index contributed by atoms with van der Waals surface area (Å²) in [5.74, 6) is 0. The van der Waals surface area contributed by atoms with Crippen LogP contribution in [0.4, 0.5) is 0 Å². The van der Waals surface area contributed by atoms with E-state index in [1.54, 1.807) is 0 Å². The van der Waals surface area contributed by atoms with Crippen LogP contribution in [-0.4, -0.2) is 41.3 Å². The number of nitrogens with zero attached hydrogens (tertiary/aromatic N) is 2. The van der Waals surface area contributed by atoms with Gasteiger partial charge in [-0.15, -0.1) is 0 Å². The molecule has 1 aliphatic heterocycles. The molecule has 0 aromatic rings. The van der Waals surface area contributed by atoms with E-state index in [-0.39, 0.29) is 6.61 Å². The first-order chi connectivity index (χ1) is 5.36. The summed E-state index contributed by atoms with van der Waals surface area (Å²) in [6, 6.07) is 0. The van der Waals surface area contributed by atoms with Crippen molar-refractivity contribution in [2.45, 2.75) is 13.3 Å². The molecule has 0 spiro atoms. The lowest BCUT2D eigenvalue weighted by Gasteiger charge is -2.19. The van der Waals surface area contributed by atoms with E-state index in [1.165, 1.54) is 6.42 Å². The van der Waals surface area contributed by atoms with Gasteiger partial charge in [0.05, 0.1) is 13.3 Å². The van der Waals surface area contributed by atoms with Crippen molar-refractivity contribution in [2.75, 3.05) is 26.4 Å². The zero-order valence-corrected chi connectivity index (χ0v) is 7.03. The molecular weight excluding hydrogens is 140 g/mol. The normalized spacial score (nSPS) is 16.5. The second kappa shape index (κ2) is 4.23. The Kier molecular flexibility index (Phi) is 3.23. The van der Waals surface area contributed by atoms with Crippen molar-refractivity contribution < 1.29 is 5.11 Å². The lowest BCUT2D eigenvalue weighted by atomic mass is 10.4. The molecule has 0 saturated carbocycles. The number of aliphatic hydroxyl groups excluding tert-OH is 1. The summed E-state index contributed by atoms with van der Waals surface area (Å²) in [6.45, 7) is 5.20. The van der Waals surface area contributed by atoms with Gasteiger partial charge in [0.2, 0.25) is 0 Å². The number of hydrogen-bond acceptors (Lipinski definition) is 3. The maximum absolute atomic E-state index is 8.65. The van der Waals surface area contributed by atoms with Crippen LogP contribution in [0, 0.1) is 0 Å². The standard InChI is InChI=1S/C8H16N2O/c1-2-3-9-4-5-10(8-9)6-7-11/h4-5,11H,2-3,6-8H2,1H3. The fraction of sp³-hybridized carbons (Fsp3) is 0.750. The first-order valence-electron chi connectivity index (χ1n) is 4.14. The van der Waals surface area contributed by atoms with Crippen LogP contribution in [0.5, 0.6) is 0 Å². The first-order valence-corrected chi connectivity index (χ1v) is 4.14. The summed E-state index contributed by atoms with van der Waals surface area (Å²) in [7, 11) is 0. The third-order valence-corrected chi connectivity index (χ3v) is 1.75. The smallest absolute Gasteiger partial charge is 0.0894 e. The molecule has 1 N–H and O–H groups in total. The minimum atomic E-state index is 0.240. The Hall–Kier alpha value is -0.700. The van der Waals surface area contributed by atoms with Gasteiger partial charge in [0.1, 0.15) is 0 Å². The van der Waals surface area contributed by atoms with Gasteiger partial charge >= 0.3 is 0 Å². The summed E-state index contributed by atoms with van der Waals surface area (Å²) in [6.07, 6.45) is 5.29. The average molecular weight is 156 g/mol. The molecule has 1 rings (SSSR count). The summed E-state index contributed by atoms with van der Waals surface area (Å²) in [5.41, 5.74) is 0. The van der Waals surface area contributed by atoms with Gasteiger partial charge in [0.25, 0.3) is 0 Å². The van der Waals surface area contributed by atoms with Crippen molar-refractivity contribution in [1.29, 1.82) is 0 Å². The molecule has 11 heavy (non-hydrogen) atoms. The van der Waals surface area contributed by atoms with E-state index in [0.29, 0.717) is 0 Å². The minimum Gasteiger partial charge on any atom is -0.395 e. The number of rotatable bonds is 4. The van der Waals surface area contributed by atoms with Gasteiger partial charge in [-0.2, -0.15) is 0 Å². The van der Waals surface area contributed by atoms with Crippen molar-refractivity contribution in [2.24, 2.45) is 0 Å². The van der Waals surface area contributed by atoms with Crippen molar-refractivity contribution in [3.05, 3.63) is 12.4 Å². The molecule has 3 nitrogen and oxygen atoms in total. The number of β-amino-alcohol motifs (C(OH)–C–C–N with tert-alkyl or cyclic N) is 1. The van der Waals surface area contributed by atoms with E-state index in [1.807, 2.05) is 6.20 Å². The van der Waals surface area contributed by atoms with Gasteiger partial charge < -0.3 is 14.9 Å². The van der Waals surface area contributed by atoms with Gasteiger partial charge in [-0.1, -0.05) is 6.92 Å². The zero-order chi connectivity index (χ0) is 8.10. The fourth-order valence-corrected chi connectivity index (χ4v) is 1.22. The molecule has 3 heteroatoms. The van der Waals surface area contributed by atoms with Gasteiger partial charge in [0.15, 0.2) is 0 Å². The minimum absolute atomic E-state index is 0.240. The predicted molar refractivity (Wildman–Crippen MR) is 44.8 cm³/mol. The molecular formula is C8H16N2O. The van der Waals surface area contributed by atoms with E-state index in [4.69, 9.17) is 5.11 Å². The van der Waals surface area contributed by atoms with Gasteiger partial charge in [-0.3, -0.25) is 0 Å². The average Bonchev–Trinajstić information content (AvgIpc) is 2.38. The Morgan fingerprint density at radius 1 is 1.27 bits per heavy atom. The molecule has 0 aliphatic carbocycles. The predicted octanol–water partition coefficient (Wildman–Crippen LogP) is 0.435. The van der Waals surface area contributed by atoms with Crippen molar-refractivity contribution in [3.63, 3.8) is 0 Å². The topological polar surface area (TPSA) is 26.7 Å². The maximum atomic E-state index is 8.65. The van der Waals surface area contributed by atoms with Crippen LogP contribution in [0.15, 0.2) is 12.4 Å². The summed E-state index contributed by atoms with van der Waals surface area (Å²) < 4.78 is 0. The van der Waals surface area contributed by atoms with Crippen LogP contribution in [0.2, 0.25) is 0 Å². The first kappa shape index (κ1) is 8.40. The monoisotopic (exact) mass is 156 g/mol. The van der Waals surface area contributed by atoms with Crippen LogP contribution >= 0.6 is 0 Å². The van der Waals surface area contributed by atoms with E-state index in [2.05, 4.69) is 22.9 Å². The van der Waals surface area contributed by atoms with Gasteiger partial charge in [0, 0.05) is 25.5 Å². The quantitative estimate of drug-likeness (QED) is 0.639. The van der Waals surface area contributed by atoms with Crippen LogP contribution in [0.1, 0.15) is 13.3 Å². The molecule has 0 amide bonds. The molecule has 0 aromatic heterocycles. The molecule has 1 aliphatic rings. The van der Waals surface area contributed by atoms with E-state index < -0.39 is 0 Å². The summed E-state index contributed by atoms with van der Waals surface area (Å²) in [4.78, 5) is 4.35. The molecule has 0 unspecified atom stereocenters. The van der Waals surface area contributed by atoms with Crippen LogP contribution < -0.4 is 0 Å². The molecule has 0 bridgehead atoms. The van der Waals surface area contributed by atoms with Crippen LogP contribution in [0.25, 0.3) is 0 Å². The lowest BCUT2D eigenvalue weighted by molar-refractivity contribution is 0.206. The van der Waals surface area contributed by atoms with E-state index in [0.717, 1.165) is 19.8 Å². The molecule has 0 fully saturated rings. The Balaban J connectivity index is 2.19. The fourth-order valence-electron chi connectivity index (χ4n) is 1.22. The van der Waals surface area contributed by atoms with Crippen molar-refractivity contribution >= 4 is 0 Å². The molecule has 0 aromatic carbocycles. The molecule has 0 radical (unpaired) electrons. The highest BCUT2D eigenvalue weighted by Gasteiger charge is 2.09. The van der Waals surface area contributed by atoms with E-state index in [9.17, 15) is 0 Å². The summed E-state index contributed by atoms with van der Waals surface area (Å²) in [5, 5.41) is 8.65. The Morgan fingerprint density at radius 2 is 1.91 bits per heavy atom. The number of aliphatic hydroxyl groups is 1. The second-order valence-electron chi connectivity index (χ2n) is 2.79. The highest BCUT2D eigenvalue weighted by Crippen LogP contribution is 2.05. The van der Waals surface area contributed by atoms with Crippen molar-refractivity contribution in [3.8, 4) is 0 Å². The van der Waals surface area contributed by atoms with Crippen molar-refractivity contribution in [1.82, 2.24) is 9.80 Å². The van der Waals surface area contributed by atoms with Crippen LogP contribution in [-0.2, 0) is 0 Å². The Bertz CT molecular complexity index is 122. The highest BCUT2D eigenvalue weighted by molar-refractivity contribution is 4.89. The van der Waals surface area contributed by atoms with Crippen LogP contribution in [0.3, 0.4) is 0 Å².